The molecule has 0 bridgehead atoms. The van der Waals surface area contributed by atoms with E-state index in [0.717, 1.165) is 101 Å². The fourth-order valence-corrected chi connectivity index (χ4v) is 7.74. The van der Waals surface area contributed by atoms with Gasteiger partial charge in [0.1, 0.15) is 0 Å². The van der Waals surface area contributed by atoms with E-state index in [9.17, 15) is 0 Å². The standard InChI is InChI=1S/C57H43N3/c1-40(58-56-50(44-26-13-5-14-27-44)36-48(42-22-9-3-10-23-42)37-51(56)45-28-15-6-16-29-45)54-34-21-35-55(60-54)41(2)59-57-52(46-30-17-7-18-31-46)38-49(43-24-11-4-12-25-43)39-53(57)47-32-19-8-20-33-47/h3-39H,1-2H3/b58-40+,59-41+. The lowest BCUT2D eigenvalue weighted by atomic mass is 9.91. The van der Waals surface area contributed by atoms with Crippen molar-refractivity contribution in [1.82, 2.24) is 4.98 Å². The highest BCUT2D eigenvalue weighted by molar-refractivity contribution is 6.06. The Balaban J connectivity index is 1.19. The molecule has 0 atom stereocenters. The first kappa shape index (κ1) is 37.8. The maximum Gasteiger partial charge on any atom is 0.0849 e. The van der Waals surface area contributed by atoms with Gasteiger partial charge in [0.15, 0.2) is 0 Å². The Bertz CT molecular complexity index is 2620. The van der Waals surface area contributed by atoms with Gasteiger partial charge in [0.25, 0.3) is 0 Å². The zero-order chi connectivity index (χ0) is 40.7. The average Bonchev–Trinajstić information content (AvgIpc) is 3.33. The van der Waals surface area contributed by atoms with Crippen molar-refractivity contribution in [3.8, 4) is 66.8 Å². The molecule has 0 saturated carbocycles. The van der Waals surface area contributed by atoms with Crippen LogP contribution in [0.3, 0.4) is 0 Å². The Hall–Kier alpha value is -7.75. The second-order valence-corrected chi connectivity index (χ2v) is 14.8. The SMILES string of the molecule is C/C(=N\c1c(-c2ccccc2)cc(-c2ccccc2)cc1-c1ccccc1)c1cccc(/C(C)=N/c2c(-c3ccccc3)cc(-c3ccccc3)cc2-c2ccccc2)n1. The Morgan fingerprint density at radius 3 is 0.800 bits per heavy atom. The lowest BCUT2D eigenvalue weighted by molar-refractivity contribution is 1.24. The number of hydrogen-bond acceptors (Lipinski definition) is 3. The Morgan fingerprint density at radius 1 is 0.283 bits per heavy atom. The highest BCUT2D eigenvalue weighted by Gasteiger charge is 2.18. The molecule has 1 aromatic heterocycles. The Labute approximate surface area is 352 Å². The minimum atomic E-state index is 0.790. The van der Waals surface area contributed by atoms with Crippen LogP contribution >= 0.6 is 0 Å². The van der Waals surface area contributed by atoms with Gasteiger partial charge in [-0.3, -0.25) is 9.98 Å². The Morgan fingerprint density at radius 2 is 0.533 bits per heavy atom. The van der Waals surface area contributed by atoms with Crippen LogP contribution < -0.4 is 0 Å². The van der Waals surface area contributed by atoms with E-state index in [0.29, 0.717) is 0 Å². The molecule has 0 aliphatic carbocycles. The van der Waals surface area contributed by atoms with Crippen LogP contribution in [0.25, 0.3) is 66.8 Å². The molecule has 1 heterocycles. The van der Waals surface area contributed by atoms with Crippen molar-refractivity contribution in [2.24, 2.45) is 9.98 Å². The highest BCUT2D eigenvalue weighted by atomic mass is 14.8. The molecule has 0 radical (unpaired) electrons. The molecule has 9 aromatic rings. The van der Waals surface area contributed by atoms with Crippen molar-refractivity contribution in [1.29, 1.82) is 0 Å². The van der Waals surface area contributed by atoms with Gasteiger partial charge in [-0.05, 0) is 94.8 Å². The van der Waals surface area contributed by atoms with Crippen LogP contribution in [0.2, 0.25) is 0 Å². The summed E-state index contributed by atoms with van der Waals surface area (Å²) in [4.78, 5) is 16.2. The third-order valence-corrected chi connectivity index (χ3v) is 10.8. The largest absolute Gasteiger partial charge is 0.250 e. The molecule has 0 spiro atoms. The Kier molecular flexibility index (Phi) is 11.0. The summed E-state index contributed by atoms with van der Waals surface area (Å²) in [5, 5.41) is 0. The van der Waals surface area contributed by atoms with Gasteiger partial charge in [0.2, 0.25) is 0 Å². The zero-order valence-corrected chi connectivity index (χ0v) is 33.7. The van der Waals surface area contributed by atoms with Gasteiger partial charge in [-0.1, -0.05) is 188 Å². The minimum absolute atomic E-state index is 0.790. The summed E-state index contributed by atoms with van der Waals surface area (Å²) in [6.07, 6.45) is 0. The van der Waals surface area contributed by atoms with E-state index in [4.69, 9.17) is 15.0 Å². The van der Waals surface area contributed by atoms with Crippen LogP contribution in [-0.4, -0.2) is 16.4 Å². The number of aromatic nitrogens is 1. The summed E-state index contributed by atoms with van der Waals surface area (Å²) in [6, 6.07) is 78.5. The second kappa shape index (κ2) is 17.4. The predicted octanol–water partition coefficient (Wildman–Crippen LogP) is 15.4. The van der Waals surface area contributed by atoms with E-state index in [1.165, 1.54) is 0 Å². The molecule has 3 heteroatoms. The molecule has 0 saturated heterocycles. The minimum Gasteiger partial charge on any atom is -0.250 e. The summed E-state index contributed by atoms with van der Waals surface area (Å²) in [6.45, 7) is 4.10. The molecule has 0 aliphatic rings. The zero-order valence-electron chi connectivity index (χ0n) is 33.7. The summed E-state index contributed by atoms with van der Waals surface area (Å²) < 4.78 is 0. The molecular formula is C57H43N3. The first-order chi connectivity index (χ1) is 29.6. The van der Waals surface area contributed by atoms with Gasteiger partial charge < -0.3 is 0 Å². The van der Waals surface area contributed by atoms with Gasteiger partial charge in [0.05, 0.1) is 34.2 Å². The molecule has 0 unspecified atom stereocenters. The smallest absolute Gasteiger partial charge is 0.0849 e. The van der Waals surface area contributed by atoms with Gasteiger partial charge in [0, 0.05) is 22.3 Å². The van der Waals surface area contributed by atoms with Gasteiger partial charge in [-0.25, -0.2) is 4.98 Å². The van der Waals surface area contributed by atoms with E-state index in [1.54, 1.807) is 0 Å². The quantitative estimate of drug-likeness (QED) is 0.128. The molecule has 9 rings (SSSR count). The summed E-state index contributed by atoms with van der Waals surface area (Å²) in [5.41, 5.74) is 18.3. The summed E-state index contributed by atoms with van der Waals surface area (Å²) in [5.74, 6) is 0. The molecule has 8 aromatic carbocycles. The van der Waals surface area contributed by atoms with Crippen LogP contribution in [0.4, 0.5) is 11.4 Å². The van der Waals surface area contributed by atoms with Crippen LogP contribution in [0.5, 0.6) is 0 Å². The van der Waals surface area contributed by atoms with E-state index in [-0.39, 0.29) is 0 Å². The fourth-order valence-electron chi connectivity index (χ4n) is 7.74. The van der Waals surface area contributed by atoms with Crippen molar-refractivity contribution >= 4 is 22.8 Å². The van der Waals surface area contributed by atoms with Crippen molar-refractivity contribution in [2.75, 3.05) is 0 Å². The normalized spacial score (nSPS) is 11.7. The van der Waals surface area contributed by atoms with Crippen LogP contribution in [0.15, 0.2) is 234 Å². The van der Waals surface area contributed by atoms with Crippen molar-refractivity contribution in [2.45, 2.75) is 13.8 Å². The second-order valence-electron chi connectivity index (χ2n) is 14.8. The van der Waals surface area contributed by atoms with Crippen molar-refractivity contribution < 1.29 is 0 Å². The number of benzene rings is 8. The van der Waals surface area contributed by atoms with Crippen molar-refractivity contribution in [3.05, 3.63) is 236 Å². The number of pyridine rings is 1. The molecule has 286 valence electrons. The number of hydrogen-bond donors (Lipinski definition) is 0. The molecular weight excluding hydrogens is 727 g/mol. The molecule has 0 amide bonds. The molecule has 0 N–H and O–H groups in total. The van der Waals surface area contributed by atoms with Crippen LogP contribution in [0.1, 0.15) is 25.2 Å². The fraction of sp³-hybridized carbons (Fsp3) is 0.0351. The van der Waals surface area contributed by atoms with Crippen molar-refractivity contribution in [3.63, 3.8) is 0 Å². The van der Waals surface area contributed by atoms with Crippen LogP contribution in [-0.2, 0) is 0 Å². The monoisotopic (exact) mass is 769 g/mol. The van der Waals surface area contributed by atoms with Crippen LogP contribution in [0, 0.1) is 0 Å². The van der Waals surface area contributed by atoms with Gasteiger partial charge in [-0.2, -0.15) is 0 Å². The van der Waals surface area contributed by atoms with Gasteiger partial charge >= 0.3 is 0 Å². The van der Waals surface area contributed by atoms with E-state index < -0.39 is 0 Å². The lowest BCUT2D eigenvalue weighted by Gasteiger charge is -2.17. The number of rotatable bonds is 10. The third kappa shape index (κ3) is 8.16. The topological polar surface area (TPSA) is 37.6 Å². The number of aliphatic imine (C=N–C) groups is 2. The lowest BCUT2D eigenvalue weighted by Crippen LogP contribution is -2.05. The maximum atomic E-state index is 5.46. The first-order valence-electron chi connectivity index (χ1n) is 20.4. The van der Waals surface area contributed by atoms with E-state index in [2.05, 4.69) is 226 Å². The van der Waals surface area contributed by atoms with E-state index >= 15 is 0 Å². The average molecular weight is 770 g/mol. The molecule has 0 fully saturated rings. The highest BCUT2D eigenvalue weighted by Crippen LogP contribution is 2.45. The molecule has 60 heavy (non-hydrogen) atoms. The molecule has 3 nitrogen and oxygen atoms in total. The number of nitrogens with zero attached hydrogens (tertiary/aromatic N) is 3. The predicted molar refractivity (Wildman–Crippen MR) is 253 cm³/mol. The third-order valence-electron chi connectivity index (χ3n) is 10.8. The van der Waals surface area contributed by atoms with Gasteiger partial charge in [-0.15, -0.1) is 0 Å². The van der Waals surface area contributed by atoms with E-state index in [1.807, 2.05) is 12.1 Å². The maximum absolute atomic E-state index is 5.46. The summed E-state index contributed by atoms with van der Waals surface area (Å²) in [7, 11) is 0. The first-order valence-corrected chi connectivity index (χ1v) is 20.4. The summed E-state index contributed by atoms with van der Waals surface area (Å²) >= 11 is 0. The molecule has 0 aliphatic heterocycles.